The Morgan fingerprint density at radius 3 is 3.05 bits per heavy atom. The zero-order valence-electron chi connectivity index (χ0n) is 10.8. The molecule has 0 saturated carbocycles. The Balaban J connectivity index is 1.81. The van der Waals surface area contributed by atoms with Crippen LogP contribution in [0.15, 0.2) is 24.5 Å². The minimum Gasteiger partial charge on any atom is -0.482 e. The Morgan fingerprint density at radius 2 is 2.42 bits per heavy atom. The van der Waals surface area contributed by atoms with Crippen LogP contribution in [0.1, 0.15) is 24.6 Å². The molecule has 2 rings (SSSR count). The predicted molar refractivity (Wildman–Crippen MR) is 67.4 cm³/mol. The summed E-state index contributed by atoms with van der Waals surface area (Å²) >= 11 is 0. The number of aromatic nitrogens is 4. The molecule has 2 aromatic heterocycles. The van der Waals surface area contributed by atoms with Crippen LogP contribution in [0.3, 0.4) is 0 Å². The zero-order valence-corrected chi connectivity index (χ0v) is 10.8. The summed E-state index contributed by atoms with van der Waals surface area (Å²) in [5.41, 5.74) is 0. The van der Waals surface area contributed by atoms with Gasteiger partial charge >= 0.3 is 0 Å². The number of nitrogens with zero attached hydrogens (tertiary/aromatic N) is 3. The van der Waals surface area contributed by atoms with Gasteiger partial charge in [0.1, 0.15) is 11.6 Å². The first-order valence-electron chi connectivity index (χ1n) is 5.86. The van der Waals surface area contributed by atoms with Crippen molar-refractivity contribution in [1.29, 1.82) is 0 Å². The Bertz CT molecular complexity index is 540. The normalized spacial score (nSPS) is 11.9. The highest BCUT2D eigenvalue weighted by Gasteiger charge is 2.13. The van der Waals surface area contributed by atoms with Crippen molar-refractivity contribution in [3.63, 3.8) is 0 Å². The van der Waals surface area contributed by atoms with E-state index in [1.807, 2.05) is 6.92 Å². The van der Waals surface area contributed by atoms with Crippen LogP contribution in [0.5, 0.6) is 5.75 Å². The number of aryl methyl sites for hydroxylation is 1. The Labute approximate surface area is 110 Å². The van der Waals surface area contributed by atoms with Gasteiger partial charge in [0.05, 0.1) is 12.2 Å². The van der Waals surface area contributed by atoms with E-state index in [4.69, 9.17) is 4.74 Å². The summed E-state index contributed by atoms with van der Waals surface area (Å²) in [6.45, 7) is 3.54. The molecule has 1 unspecified atom stereocenters. The van der Waals surface area contributed by atoms with Gasteiger partial charge in [-0.2, -0.15) is 5.10 Å². The summed E-state index contributed by atoms with van der Waals surface area (Å²) < 4.78 is 5.29. The topological polar surface area (TPSA) is 92.8 Å². The number of ether oxygens (including phenoxy) is 1. The predicted octanol–water partition coefficient (Wildman–Crippen LogP) is 0.764. The first-order valence-corrected chi connectivity index (χ1v) is 5.86. The van der Waals surface area contributed by atoms with Crippen LogP contribution in [0, 0.1) is 6.92 Å². The maximum atomic E-state index is 11.7. The van der Waals surface area contributed by atoms with Gasteiger partial charge in [0, 0.05) is 6.20 Å². The van der Waals surface area contributed by atoms with Crippen molar-refractivity contribution in [3.05, 3.63) is 36.2 Å². The molecule has 1 amide bonds. The van der Waals surface area contributed by atoms with Gasteiger partial charge in [-0.15, -0.1) is 0 Å². The summed E-state index contributed by atoms with van der Waals surface area (Å²) in [5, 5.41) is 9.46. The molecule has 2 aromatic rings. The van der Waals surface area contributed by atoms with E-state index in [1.165, 1.54) is 0 Å². The first-order chi connectivity index (χ1) is 9.15. The summed E-state index contributed by atoms with van der Waals surface area (Å²) in [6, 6.07) is 3.21. The maximum Gasteiger partial charge on any atom is 0.258 e. The van der Waals surface area contributed by atoms with E-state index in [0.29, 0.717) is 17.4 Å². The number of aromatic amines is 1. The van der Waals surface area contributed by atoms with Crippen molar-refractivity contribution >= 4 is 5.91 Å². The molecule has 2 heterocycles. The van der Waals surface area contributed by atoms with Crippen LogP contribution in [-0.2, 0) is 4.79 Å². The molecule has 0 radical (unpaired) electrons. The number of pyridine rings is 1. The average Bonchev–Trinajstić information content (AvgIpc) is 2.84. The fourth-order valence-corrected chi connectivity index (χ4v) is 1.48. The van der Waals surface area contributed by atoms with E-state index in [1.54, 1.807) is 31.5 Å². The summed E-state index contributed by atoms with van der Waals surface area (Å²) in [6.07, 6.45) is 3.19. The molecule has 100 valence electrons. The zero-order chi connectivity index (χ0) is 13.7. The summed E-state index contributed by atoms with van der Waals surface area (Å²) in [5.74, 6) is 1.58. The molecular weight excluding hydrogens is 246 g/mol. The lowest BCUT2D eigenvalue weighted by molar-refractivity contribution is -0.123. The van der Waals surface area contributed by atoms with Gasteiger partial charge in [0.2, 0.25) is 0 Å². The van der Waals surface area contributed by atoms with Crippen molar-refractivity contribution in [2.75, 3.05) is 6.61 Å². The van der Waals surface area contributed by atoms with Gasteiger partial charge in [-0.3, -0.25) is 14.9 Å². The molecule has 0 aliphatic carbocycles. The molecule has 7 nitrogen and oxygen atoms in total. The third-order valence-corrected chi connectivity index (χ3v) is 2.38. The van der Waals surface area contributed by atoms with E-state index in [9.17, 15) is 4.79 Å². The lowest BCUT2D eigenvalue weighted by Crippen LogP contribution is -2.31. The monoisotopic (exact) mass is 261 g/mol. The molecule has 0 aliphatic heterocycles. The van der Waals surface area contributed by atoms with Crippen LogP contribution in [0.25, 0.3) is 0 Å². The lowest BCUT2D eigenvalue weighted by atomic mass is 10.3. The molecule has 0 aromatic carbocycles. The van der Waals surface area contributed by atoms with Crippen molar-refractivity contribution in [2.45, 2.75) is 19.9 Å². The van der Waals surface area contributed by atoms with Gasteiger partial charge in [-0.25, -0.2) is 4.98 Å². The number of hydrogen-bond acceptors (Lipinski definition) is 5. The first kappa shape index (κ1) is 13.0. The molecule has 0 fully saturated rings. The third kappa shape index (κ3) is 3.77. The number of amides is 1. The van der Waals surface area contributed by atoms with E-state index in [0.717, 1.165) is 0 Å². The molecule has 0 spiro atoms. The summed E-state index contributed by atoms with van der Waals surface area (Å²) in [7, 11) is 0. The minimum absolute atomic E-state index is 0.0700. The number of hydrogen-bond donors (Lipinski definition) is 2. The third-order valence-electron chi connectivity index (χ3n) is 2.38. The smallest absolute Gasteiger partial charge is 0.258 e. The number of rotatable bonds is 5. The highest BCUT2D eigenvalue weighted by Crippen LogP contribution is 2.07. The van der Waals surface area contributed by atoms with Crippen molar-refractivity contribution < 1.29 is 9.53 Å². The standard InChI is InChI=1S/C12H15N5O2/c1-8(12-15-9(2)16-17-12)14-11(18)7-19-10-4-3-5-13-6-10/h3-6,8H,7H2,1-2H3,(H,14,18)(H,15,16,17). The van der Waals surface area contributed by atoms with Crippen LogP contribution in [-0.4, -0.2) is 32.7 Å². The highest BCUT2D eigenvalue weighted by molar-refractivity contribution is 5.77. The number of carbonyl (C=O) groups is 1. The molecule has 0 bridgehead atoms. The second-order valence-electron chi connectivity index (χ2n) is 4.05. The lowest BCUT2D eigenvalue weighted by Gasteiger charge is -2.11. The SMILES string of the molecule is Cc1nc(C(C)NC(=O)COc2cccnc2)n[nH]1. The van der Waals surface area contributed by atoms with Crippen LogP contribution in [0.2, 0.25) is 0 Å². The van der Waals surface area contributed by atoms with Gasteiger partial charge in [-0.05, 0) is 26.0 Å². The van der Waals surface area contributed by atoms with Gasteiger partial charge in [-0.1, -0.05) is 0 Å². The Morgan fingerprint density at radius 1 is 1.58 bits per heavy atom. The van der Waals surface area contributed by atoms with Gasteiger partial charge in [0.15, 0.2) is 12.4 Å². The molecular formula is C12H15N5O2. The molecule has 19 heavy (non-hydrogen) atoms. The number of carbonyl (C=O) groups excluding carboxylic acids is 1. The molecule has 1 atom stereocenters. The second kappa shape index (κ2) is 5.94. The van der Waals surface area contributed by atoms with E-state index in [2.05, 4.69) is 25.5 Å². The fraction of sp³-hybridized carbons (Fsp3) is 0.333. The Hall–Kier alpha value is -2.44. The fourth-order valence-electron chi connectivity index (χ4n) is 1.48. The minimum atomic E-state index is -0.269. The Kier molecular flexibility index (Phi) is 4.07. The maximum absolute atomic E-state index is 11.7. The van der Waals surface area contributed by atoms with Crippen LogP contribution in [0.4, 0.5) is 0 Å². The van der Waals surface area contributed by atoms with Crippen molar-refractivity contribution in [2.24, 2.45) is 0 Å². The van der Waals surface area contributed by atoms with Crippen LogP contribution >= 0.6 is 0 Å². The van der Waals surface area contributed by atoms with Crippen molar-refractivity contribution in [1.82, 2.24) is 25.5 Å². The van der Waals surface area contributed by atoms with Crippen LogP contribution < -0.4 is 10.1 Å². The molecule has 0 aliphatic rings. The van der Waals surface area contributed by atoms with E-state index < -0.39 is 0 Å². The highest BCUT2D eigenvalue weighted by atomic mass is 16.5. The molecule has 0 saturated heterocycles. The quantitative estimate of drug-likeness (QED) is 0.829. The average molecular weight is 261 g/mol. The van der Waals surface area contributed by atoms with Gasteiger partial charge in [0.25, 0.3) is 5.91 Å². The summed E-state index contributed by atoms with van der Waals surface area (Å²) in [4.78, 5) is 19.7. The number of H-pyrrole nitrogens is 1. The second-order valence-corrected chi connectivity index (χ2v) is 4.05. The largest absolute Gasteiger partial charge is 0.482 e. The number of nitrogens with one attached hydrogen (secondary N) is 2. The molecule has 2 N–H and O–H groups in total. The van der Waals surface area contributed by atoms with Gasteiger partial charge < -0.3 is 10.1 Å². The molecule has 7 heteroatoms. The van der Waals surface area contributed by atoms with Crippen molar-refractivity contribution in [3.8, 4) is 5.75 Å². The van der Waals surface area contributed by atoms with E-state index in [-0.39, 0.29) is 18.6 Å². The van der Waals surface area contributed by atoms with E-state index >= 15 is 0 Å².